The van der Waals surface area contributed by atoms with Gasteiger partial charge < -0.3 is 14.9 Å². The van der Waals surface area contributed by atoms with Gasteiger partial charge in [-0.15, -0.1) is 0 Å². The summed E-state index contributed by atoms with van der Waals surface area (Å²) in [5.74, 6) is 0.259. The molecule has 5 heteroatoms. The predicted octanol–water partition coefficient (Wildman–Crippen LogP) is 1.31. The number of aliphatic hydroxyl groups is 1. The van der Waals surface area contributed by atoms with E-state index in [0.717, 1.165) is 58.7 Å². The number of rotatable bonds is 4. The van der Waals surface area contributed by atoms with Crippen molar-refractivity contribution in [3.05, 3.63) is 0 Å². The second-order valence-electron chi connectivity index (χ2n) is 7.78. The van der Waals surface area contributed by atoms with Gasteiger partial charge in [-0.05, 0) is 64.7 Å². The number of carbonyl (C=O) groups excluding carboxylic acids is 1. The lowest BCUT2D eigenvalue weighted by molar-refractivity contribution is -0.137. The standard InChI is InChI=1S/C18H33N3O2/c22-17(15-19-9-3-1-2-4-10-19)21-13-7-18(23,8-14-21)16-20-11-5-6-12-20/h23H,1-16H2. The highest BCUT2D eigenvalue weighted by molar-refractivity contribution is 5.78. The molecular formula is C18H33N3O2. The number of hydrogen-bond donors (Lipinski definition) is 1. The van der Waals surface area contributed by atoms with E-state index in [4.69, 9.17) is 0 Å². The van der Waals surface area contributed by atoms with Crippen LogP contribution in [0.4, 0.5) is 0 Å². The van der Waals surface area contributed by atoms with Gasteiger partial charge in [-0.3, -0.25) is 9.69 Å². The smallest absolute Gasteiger partial charge is 0.236 e. The van der Waals surface area contributed by atoms with E-state index in [1.54, 1.807) is 0 Å². The Kier molecular flexibility index (Phi) is 5.94. The Hall–Kier alpha value is -0.650. The van der Waals surface area contributed by atoms with E-state index in [1.807, 2.05) is 4.90 Å². The molecule has 0 saturated carbocycles. The van der Waals surface area contributed by atoms with E-state index in [-0.39, 0.29) is 5.91 Å². The number of likely N-dealkylation sites (tertiary alicyclic amines) is 3. The second-order valence-corrected chi connectivity index (χ2v) is 7.78. The summed E-state index contributed by atoms with van der Waals surface area (Å²) in [7, 11) is 0. The quantitative estimate of drug-likeness (QED) is 0.847. The molecule has 0 aromatic rings. The van der Waals surface area contributed by atoms with Crippen molar-refractivity contribution in [2.24, 2.45) is 0 Å². The maximum Gasteiger partial charge on any atom is 0.236 e. The molecule has 0 aromatic carbocycles. The van der Waals surface area contributed by atoms with Gasteiger partial charge in [0.1, 0.15) is 0 Å². The van der Waals surface area contributed by atoms with Crippen LogP contribution in [0.2, 0.25) is 0 Å². The van der Waals surface area contributed by atoms with Crippen LogP contribution in [0.5, 0.6) is 0 Å². The van der Waals surface area contributed by atoms with E-state index < -0.39 is 5.60 Å². The van der Waals surface area contributed by atoms with Gasteiger partial charge in [0.25, 0.3) is 0 Å². The first kappa shape index (κ1) is 17.2. The maximum atomic E-state index is 12.5. The Balaban J connectivity index is 1.43. The fourth-order valence-electron chi connectivity index (χ4n) is 4.27. The summed E-state index contributed by atoms with van der Waals surface area (Å²) in [5.41, 5.74) is -0.580. The summed E-state index contributed by atoms with van der Waals surface area (Å²) < 4.78 is 0. The van der Waals surface area contributed by atoms with E-state index in [9.17, 15) is 9.90 Å². The number of piperidine rings is 1. The van der Waals surface area contributed by atoms with Crippen molar-refractivity contribution in [3.63, 3.8) is 0 Å². The number of carbonyl (C=O) groups is 1. The summed E-state index contributed by atoms with van der Waals surface area (Å²) in [6.07, 6.45) is 9.04. The van der Waals surface area contributed by atoms with Gasteiger partial charge in [0.15, 0.2) is 0 Å². The Bertz CT molecular complexity index is 380. The summed E-state index contributed by atoms with van der Waals surface area (Å²) >= 11 is 0. The van der Waals surface area contributed by atoms with Crippen LogP contribution in [-0.4, -0.2) is 83.7 Å². The number of nitrogens with zero attached hydrogens (tertiary/aromatic N) is 3. The summed E-state index contributed by atoms with van der Waals surface area (Å²) in [6, 6.07) is 0. The second kappa shape index (κ2) is 7.95. The molecule has 0 bridgehead atoms. The zero-order valence-corrected chi connectivity index (χ0v) is 14.5. The van der Waals surface area contributed by atoms with Crippen LogP contribution in [0.15, 0.2) is 0 Å². The molecule has 0 aromatic heterocycles. The fourth-order valence-corrected chi connectivity index (χ4v) is 4.27. The molecule has 0 unspecified atom stereocenters. The molecule has 1 N–H and O–H groups in total. The Morgan fingerprint density at radius 2 is 1.30 bits per heavy atom. The van der Waals surface area contributed by atoms with Crippen molar-refractivity contribution in [1.29, 1.82) is 0 Å². The molecule has 3 saturated heterocycles. The molecule has 23 heavy (non-hydrogen) atoms. The zero-order chi connectivity index (χ0) is 16.1. The van der Waals surface area contributed by atoms with E-state index in [1.165, 1.54) is 38.5 Å². The molecule has 3 aliphatic rings. The van der Waals surface area contributed by atoms with Crippen molar-refractivity contribution >= 4 is 5.91 Å². The molecule has 3 rings (SSSR count). The zero-order valence-electron chi connectivity index (χ0n) is 14.5. The van der Waals surface area contributed by atoms with Crippen LogP contribution in [0.3, 0.4) is 0 Å². The van der Waals surface area contributed by atoms with Crippen molar-refractivity contribution in [2.75, 3.05) is 52.4 Å². The van der Waals surface area contributed by atoms with Crippen LogP contribution in [0.25, 0.3) is 0 Å². The van der Waals surface area contributed by atoms with Crippen LogP contribution < -0.4 is 0 Å². The molecule has 0 radical (unpaired) electrons. The first-order valence-corrected chi connectivity index (χ1v) is 9.60. The lowest BCUT2D eigenvalue weighted by Crippen LogP contribution is -2.53. The highest BCUT2D eigenvalue weighted by Gasteiger charge is 2.36. The number of hydrogen-bond acceptors (Lipinski definition) is 4. The summed E-state index contributed by atoms with van der Waals surface area (Å²) in [6.45, 7) is 7.19. The van der Waals surface area contributed by atoms with Crippen LogP contribution >= 0.6 is 0 Å². The maximum absolute atomic E-state index is 12.5. The topological polar surface area (TPSA) is 47.0 Å². The molecule has 1 amide bonds. The van der Waals surface area contributed by atoms with Gasteiger partial charge in [-0.25, -0.2) is 0 Å². The molecule has 3 heterocycles. The lowest BCUT2D eigenvalue weighted by Gasteiger charge is -2.40. The highest BCUT2D eigenvalue weighted by atomic mass is 16.3. The first-order valence-electron chi connectivity index (χ1n) is 9.60. The van der Waals surface area contributed by atoms with Crippen molar-refractivity contribution in [3.8, 4) is 0 Å². The third-order valence-corrected chi connectivity index (χ3v) is 5.82. The Labute approximate surface area is 140 Å². The predicted molar refractivity (Wildman–Crippen MR) is 91.3 cm³/mol. The van der Waals surface area contributed by atoms with Crippen molar-refractivity contribution in [1.82, 2.24) is 14.7 Å². The average Bonchev–Trinajstić information content (AvgIpc) is 2.90. The SMILES string of the molecule is O=C(CN1CCCCCC1)N1CCC(O)(CN2CCCC2)CC1. The molecule has 0 atom stereocenters. The third-order valence-electron chi connectivity index (χ3n) is 5.82. The minimum Gasteiger partial charge on any atom is -0.388 e. The van der Waals surface area contributed by atoms with Gasteiger partial charge in [0, 0.05) is 19.6 Å². The minimum absolute atomic E-state index is 0.259. The van der Waals surface area contributed by atoms with Gasteiger partial charge in [0.05, 0.1) is 12.1 Å². The summed E-state index contributed by atoms with van der Waals surface area (Å²) in [5, 5.41) is 10.8. The van der Waals surface area contributed by atoms with Crippen LogP contribution in [0.1, 0.15) is 51.4 Å². The molecule has 0 aliphatic carbocycles. The summed E-state index contributed by atoms with van der Waals surface area (Å²) in [4.78, 5) is 19.2. The van der Waals surface area contributed by atoms with E-state index in [2.05, 4.69) is 9.80 Å². The van der Waals surface area contributed by atoms with Crippen molar-refractivity contribution in [2.45, 2.75) is 57.0 Å². The average molecular weight is 323 g/mol. The van der Waals surface area contributed by atoms with E-state index >= 15 is 0 Å². The molecule has 5 nitrogen and oxygen atoms in total. The highest BCUT2D eigenvalue weighted by Crippen LogP contribution is 2.25. The molecule has 3 aliphatic heterocycles. The Morgan fingerprint density at radius 1 is 0.783 bits per heavy atom. The van der Waals surface area contributed by atoms with Crippen LogP contribution in [-0.2, 0) is 4.79 Å². The Morgan fingerprint density at radius 3 is 1.91 bits per heavy atom. The van der Waals surface area contributed by atoms with Gasteiger partial charge >= 0.3 is 0 Å². The fraction of sp³-hybridized carbons (Fsp3) is 0.944. The van der Waals surface area contributed by atoms with Gasteiger partial charge in [-0.1, -0.05) is 12.8 Å². The van der Waals surface area contributed by atoms with E-state index in [0.29, 0.717) is 6.54 Å². The third kappa shape index (κ3) is 4.91. The van der Waals surface area contributed by atoms with Crippen molar-refractivity contribution < 1.29 is 9.90 Å². The largest absolute Gasteiger partial charge is 0.388 e. The molecule has 0 spiro atoms. The molecule has 3 fully saturated rings. The number of β-amino-alcohol motifs (C(OH)–C–C–N with tert-alkyl or cyclic N) is 1. The lowest BCUT2D eigenvalue weighted by atomic mass is 9.90. The minimum atomic E-state index is -0.580. The normalized spacial score (nSPS) is 27.1. The molecule has 132 valence electrons. The molecular weight excluding hydrogens is 290 g/mol. The van der Waals surface area contributed by atoms with Gasteiger partial charge in [-0.2, -0.15) is 0 Å². The number of amides is 1. The monoisotopic (exact) mass is 323 g/mol. The first-order chi connectivity index (χ1) is 11.1. The van der Waals surface area contributed by atoms with Gasteiger partial charge in [0.2, 0.25) is 5.91 Å². The van der Waals surface area contributed by atoms with Crippen LogP contribution in [0, 0.1) is 0 Å².